The summed E-state index contributed by atoms with van der Waals surface area (Å²) < 4.78 is 5.14. The molecule has 27 heavy (non-hydrogen) atoms. The minimum Gasteiger partial charge on any atom is -0.504 e. The standard InChI is InChI=1S/C19H21N5O3/c1-11-6-12(2)8-14(7-11)20-19(26)15(18-21-23-24-22-18)9-13-4-5-16(25)17(10-13)27-3/h4-8,10,15,25H,9H2,1-3H3,(H,20,26)(H,21,22,23,24). The van der Waals surface area contributed by atoms with Gasteiger partial charge in [-0.3, -0.25) is 4.79 Å². The number of amides is 1. The Balaban J connectivity index is 1.86. The van der Waals surface area contributed by atoms with E-state index in [9.17, 15) is 9.90 Å². The average Bonchev–Trinajstić information content (AvgIpc) is 3.14. The van der Waals surface area contributed by atoms with Crippen LogP contribution < -0.4 is 10.1 Å². The highest BCUT2D eigenvalue weighted by Crippen LogP contribution is 2.29. The van der Waals surface area contributed by atoms with Gasteiger partial charge in [0.1, 0.15) is 5.92 Å². The van der Waals surface area contributed by atoms with E-state index in [0.717, 1.165) is 16.7 Å². The summed E-state index contributed by atoms with van der Waals surface area (Å²) in [6.45, 7) is 3.95. The number of benzene rings is 2. The van der Waals surface area contributed by atoms with E-state index in [-0.39, 0.29) is 11.7 Å². The molecule has 140 valence electrons. The molecule has 0 saturated carbocycles. The molecule has 0 radical (unpaired) electrons. The van der Waals surface area contributed by atoms with E-state index >= 15 is 0 Å². The van der Waals surface area contributed by atoms with Crippen LogP contribution in [0.1, 0.15) is 28.4 Å². The van der Waals surface area contributed by atoms with Crippen LogP contribution in [0.3, 0.4) is 0 Å². The molecule has 1 heterocycles. The summed E-state index contributed by atoms with van der Waals surface area (Å²) in [5, 5.41) is 26.6. The number of hydrogen-bond donors (Lipinski definition) is 3. The van der Waals surface area contributed by atoms with Gasteiger partial charge in [-0.05, 0) is 61.2 Å². The number of methoxy groups -OCH3 is 1. The zero-order valence-corrected chi connectivity index (χ0v) is 15.4. The third-order valence-corrected chi connectivity index (χ3v) is 4.16. The lowest BCUT2D eigenvalue weighted by Crippen LogP contribution is -2.24. The SMILES string of the molecule is COc1cc(CC(C(=O)Nc2cc(C)cc(C)c2)c2nn[nH]n2)ccc1O. The lowest BCUT2D eigenvalue weighted by Gasteiger charge is -2.15. The molecule has 8 heteroatoms. The van der Waals surface area contributed by atoms with Crippen molar-refractivity contribution in [1.82, 2.24) is 20.6 Å². The number of aryl methyl sites for hydroxylation is 2. The quantitative estimate of drug-likeness (QED) is 0.617. The number of hydrogen-bond acceptors (Lipinski definition) is 6. The van der Waals surface area contributed by atoms with E-state index in [1.54, 1.807) is 12.1 Å². The van der Waals surface area contributed by atoms with Crippen molar-refractivity contribution in [2.24, 2.45) is 0 Å². The Bertz CT molecular complexity index is 920. The fourth-order valence-corrected chi connectivity index (χ4v) is 2.98. The second kappa shape index (κ2) is 7.86. The maximum Gasteiger partial charge on any atom is 0.235 e. The molecule has 1 atom stereocenters. The van der Waals surface area contributed by atoms with E-state index in [1.807, 2.05) is 32.0 Å². The molecular formula is C19H21N5O3. The highest BCUT2D eigenvalue weighted by atomic mass is 16.5. The summed E-state index contributed by atoms with van der Waals surface area (Å²) >= 11 is 0. The van der Waals surface area contributed by atoms with Crippen LogP contribution in [0.15, 0.2) is 36.4 Å². The first kappa shape index (κ1) is 18.4. The number of ether oxygens (including phenoxy) is 1. The van der Waals surface area contributed by atoms with E-state index in [1.165, 1.54) is 13.2 Å². The second-order valence-electron chi connectivity index (χ2n) is 6.40. The van der Waals surface area contributed by atoms with Crippen molar-refractivity contribution in [2.75, 3.05) is 12.4 Å². The Morgan fingerprint density at radius 3 is 2.59 bits per heavy atom. The maximum absolute atomic E-state index is 12.9. The molecule has 2 aromatic carbocycles. The second-order valence-corrected chi connectivity index (χ2v) is 6.40. The van der Waals surface area contributed by atoms with Gasteiger partial charge in [0, 0.05) is 5.69 Å². The Morgan fingerprint density at radius 2 is 1.96 bits per heavy atom. The first-order chi connectivity index (χ1) is 13.0. The van der Waals surface area contributed by atoms with Crippen LogP contribution in [0.2, 0.25) is 0 Å². The number of nitrogens with zero attached hydrogens (tertiary/aromatic N) is 3. The fraction of sp³-hybridized carbons (Fsp3) is 0.263. The summed E-state index contributed by atoms with van der Waals surface area (Å²) in [6.07, 6.45) is 0.326. The molecule has 0 bridgehead atoms. The highest BCUT2D eigenvalue weighted by Gasteiger charge is 2.26. The Hall–Kier alpha value is -3.42. The normalized spacial score (nSPS) is 11.8. The number of phenols is 1. The van der Waals surface area contributed by atoms with Gasteiger partial charge in [0.05, 0.1) is 7.11 Å². The molecule has 0 fully saturated rings. The van der Waals surface area contributed by atoms with Crippen molar-refractivity contribution in [1.29, 1.82) is 0 Å². The van der Waals surface area contributed by atoms with E-state index in [2.05, 4.69) is 25.9 Å². The third kappa shape index (κ3) is 4.41. The number of H-pyrrole nitrogens is 1. The highest BCUT2D eigenvalue weighted by molar-refractivity contribution is 5.95. The molecule has 3 aromatic rings. The Labute approximate surface area is 156 Å². The van der Waals surface area contributed by atoms with Gasteiger partial charge in [-0.15, -0.1) is 10.2 Å². The number of carbonyl (C=O) groups excluding carboxylic acids is 1. The molecule has 0 aliphatic heterocycles. The number of tetrazole rings is 1. The van der Waals surface area contributed by atoms with Crippen molar-refractivity contribution in [3.63, 3.8) is 0 Å². The minimum atomic E-state index is -0.654. The fourth-order valence-electron chi connectivity index (χ4n) is 2.98. The molecule has 1 unspecified atom stereocenters. The number of aromatic hydroxyl groups is 1. The van der Waals surface area contributed by atoms with Crippen molar-refractivity contribution >= 4 is 11.6 Å². The maximum atomic E-state index is 12.9. The Kier molecular flexibility index (Phi) is 5.35. The number of rotatable bonds is 6. The molecule has 1 amide bonds. The molecule has 3 N–H and O–H groups in total. The van der Waals surface area contributed by atoms with Gasteiger partial charge in [0.15, 0.2) is 17.3 Å². The topological polar surface area (TPSA) is 113 Å². The van der Waals surface area contributed by atoms with Crippen molar-refractivity contribution in [3.8, 4) is 11.5 Å². The van der Waals surface area contributed by atoms with Crippen molar-refractivity contribution in [3.05, 3.63) is 58.9 Å². The van der Waals surface area contributed by atoms with Gasteiger partial charge >= 0.3 is 0 Å². The number of phenolic OH excluding ortho intramolecular Hbond substituents is 1. The van der Waals surface area contributed by atoms with Gasteiger partial charge < -0.3 is 15.2 Å². The van der Waals surface area contributed by atoms with Crippen LogP contribution >= 0.6 is 0 Å². The summed E-state index contributed by atoms with van der Waals surface area (Å²) in [6, 6.07) is 10.8. The predicted molar refractivity (Wildman–Crippen MR) is 99.8 cm³/mol. The number of aromatic amines is 1. The molecule has 3 rings (SSSR count). The molecule has 0 saturated heterocycles. The summed E-state index contributed by atoms with van der Waals surface area (Å²) in [5.41, 5.74) is 3.64. The van der Waals surface area contributed by atoms with Gasteiger partial charge in [-0.25, -0.2) is 0 Å². The first-order valence-electron chi connectivity index (χ1n) is 8.44. The van der Waals surface area contributed by atoms with Crippen molar-refractivity contribution < 1.29 is 14.6 Å². The first-order valence-corrected chi connectivity index (χ1v) is 8.44. The molecular weight excluding hydrogens is 346 g/mol. The zero-order valence-electron chi connectivity index (χ0n) is 15.4. The Morgan fingerprint density at radius 1 is 1.22 bits per heavy atom. The van der Waals surface area contributed by atoms with Crippen LogP contribution in [0.5, 0.6) is 11.5 Å². The van der Waals surface area contributed by atoms with Gasteiger partial charge in [0.2, 0.25) is 5.91 Å². The molecule has 0 aliphatic rings. The van der Waals surface area contributed by atoms with E-state index in [0.29, 0.717) is 23.7 Å². The largest absolute Gasteiger partial charge is 0.504 e. The summed E-state index contributed by atoms with van der Waals surface area (Å²) in [4.78, 5) is 12.9. The third-order valence-electron chi connectivity index (χ3n) is 4.16. The van der Waals surface area contributed by atoms with E-state index < -0.39 is 5.92 Å². The monoisotopic (exact) mass is 367 g/mol. The summed E-state index contributed by atoms with van der Waals surface area (Å²) in [7, 11) is 1.47. The molecule has 1 aromatic heterocycles. The van der Waals surface area contributed by atoms with Crippen LogP contribution in [-0.2, 0) is 11.2 Å². The number of aromatic nitrogens is 4. The summed E-state index contributed by atoms with van der Waals surface area (Å²) in [5.74, 6) is -0.220. The van der Waals surface area contributed by atoms with Crippen LogP contribution in [0.4, 0.5) is 5.69 Å². The van der Waals surface area contributed by atoms with E-state index in [4.69, 9.17) is 4.74 Å². The molecule has 0 spiro atoms. The smallest absolute Gasteiger partial charge is 0.235 e. The average molecular weight is 367 g/mol. The van der Waals surface area contributed by atoms with Crippen molar-refractivity contribution in [2.45, 2.75) is 26.2 Å². The predicted octanol–water partition coefficient (Wildman–Crippen LogP) is 2.50. The number of carbonyl (C=O) groups is 1. The van der Waals surface area contributed by atoms with Crippen LogP contribution in [0.25, 0.3) is 0 Å². The number of anilines is 1. The lowest BCUT2D eigenvalue weighted by molar-refractivity contribution is -0.117. The van der Waals surface area contributed by atoms with Crippen LogP contribution in [-0.4, -0.2) is 38.7 Å². The lowest BCUT2D eigenvalue weighted by atomic mass is 9.97. The van der Waals surface area contributed by atoms with Gasteiger partial charge in [-0.2, -0.15) is 5.21 Å². The van der Waals surface area contributed by atoms with Crippen LogP contribution in [0, 0.1) is 13.8 Å². The zero-order chi connectivity index (χ0) is 19.4. The molecule has 0 aliphatic carbocycles. The number of nitrogens with one attached hydrogen (secondary N) is 2. The minimum absolute atomic E-state index is 0.0389. The van der Waals surface area contributed by atoms with Gasteiger partial charge in [-0.1, -0.05) is 17.3 Å². The molecule has 8 nitrogen and oxygen atoms in total. The van der Waals surface area contributed by atoms with Gasteiger partial charge in [0.25, 0.3) is 0 Å².